The highest BCUT2D eigenvalue weighted by atomic mass is 32.2. The van der Waals surface area contributed by atoms with Gasteiger partial charge in [-0.2, -0.15) is 0 Å². The van der Waals surface area contributed by atoms with E-state index < -0.39 is 0 Å². The summed E-state index contributed by atoms with van der Waals surface area (Å²) in [6.45, 7) is 6.60. The zero-order valence-electron chi connectivity index (χ0n) is 14.1. The Morgan fingerprint density at radius 1 is 1.35 bits per heavy atom. The van der Waals surface area contributed by atoms with E-state index in [1.165, 1.54) is 24.6 Å². The molecule has 6 heteroatoms. The number of amides is 1. The monoisotopic (exact) mass is 335 g/mol. The Labute approximate surface area is 141 Å². The Balaban J connectivity index is 1.75. The molecule has 1 atom stereocenters. The predicted molar refractivity (Wildman–Crippen MR) is 91.8 cm³/mol. The number of carbonyl (C=O) groups is 1. The number of fused-ring (bicyclic) bond motifs is 1. The normalized spacial score (nSPS) is 22.0. The van der Waals surface area contributed by atoms with Gasteiger partial charge in [-0.25, -0.2) is 4.98 Å². The van der Waals surface area contributed by atoms with Gasteiger partial charge < -0.3 is 5.32 Å². The number of carbonyl (C=O) groups excluding carboxylic acids is 1. The van der Waals surface area contributed by atoms with Crippen molar-refractivity contribution in [3.8, 4) is 0 Å². The third-order valence-corrected chi connectivity index (χ3v) is 5.77. The van der Waals surface area contributed by atoms with Crippen LogP contribution >= 0.6 is 11.8 Å². The van der Waals surface area contributed by atoms with Crippen LogP contribution in [0, 0.1) is 5.92 Å². The molecule has 1 unspecified atom stereocenters. The van der Waals surface area contributed by atoms with E-state index in [0.29, 0.717) is 18.3 Å². The number of aromatic nitrogens is 2. The molecule has 0 saturated heterocycles. The number of hydrogen-bond acceptors (Lipinski definition) is 4. The van der Waals surface area contributed by atoms with Crippen LogP contribution in [0.1, 0.15) is 52.1 Å². The van der Waals surface area contributed by atoms with Crippen LogP contribution in [0.4, 0.5) is 0 Å². The van der Waals surface area contributed by atoms with Crippen LogP contribution in [0.5, 0.6) is 0 Å². The van der Waals surface area contributed by atoms with Gasteiger partial charge in [0.2, 0.25) is 5.91 Å². The van der Waals surface area contributed by atoms with Crippen LogP contribution in [0.25, 0.3) is 0 Å². The first-order chi connectivity index (χ1) is 10.8. The molecule has 0 bridgehead atoms. The second-order valence-electron chi connectivity index (χ2n) is 7.62. The van der Waals surface area contributed by atoms with E-state index in [0.717, 1.165) is 23.7 Å². The van der Waals surface area contributed by atoms with Gasteiger partial charge in [0.15, 0.2) is 5.16 Å². The molecule has 1 aromatic rings. The van der Waals surface area contributed by atoms with Gasteiger partial charge in [-0.1, -0.05) is 45.4 Å². The molecule has 1 N–H and O–H groups in total. The molecular formula is C17H25N3O2S. The molecule has 0 spiro atoms. The fraction of sp³-hybridized carbons (Fsp3) is 0.706. The van der Waals surface area contributed by atoms with E-state index in [1.807, 2.05) is 0 Å². The average Bonchev–Trinajstić information content (AvgIpc) is 2.98. The average molecular weight is 335 g/mol. The number of nitrogens with zero attached hydrogens (tertiary/aromatic N) is 2. The Bertz CT molecular complexity index is 657. The second kappa shape index (κ2) is 6.30. The van der Waals surface area contributed by atoms with Crippen molar-refractivity contribution >= 4 is 17.7 Å². The lowest BCUT2D eigenvalue weighted by atomic mass is 9.92. The molecular weight excluding hydrogens is 310 g/mol. The number of thioether (sulfide) groups is 1. The van der Waals surface area contributed by atoms with E-state index in [1.54, 1.807) is 10.6 Å². The van der Waals surface area contributed by atoms with Gasteiger partial charge >= 0.3 is 0 Å². The lowest BCUT2D eigenvalue weighted by Gasteiger charge is -2.27. The summed E-state index contributed by atoms with van der Waals surface area (Å²) in [7, 11) is 0. The smallest absolute Gasteiger partial charge is 0.254 e. The fourth-order valence-corrected chi connectivity index (χ4v) is 4.23. The first-order valence-electron chi connectivity index (χ1n) is 8.40. The topological polar surface area (TPSA) is 64.0 Å². The highest BCUT2D eigenvalue weighted by Gasteiger charge is 2.30. The van der Waals surface area contributed by atoms with Crippen LogP contribution in [0.15, 0.2) is 16.0 Å². The minimum Gasteiger partial charge on any atom is -0.353 e. The summed E-state index contributed by atoms with van der Waals surface area (Å²) in [5.41, 5.74) is 0.618. The van der Waals surface area contributed by atoms with Crippen molar-refractivity contribution in [1.82, 2.24) is 14.9 Å². The zero-order valence-corrected chi connectivity index (χ0v) is 14.9. The summed E-state index contributed by atoms with van der Waals surface area (Å²) in [6.07, 6.45) is 4.57. The van der Waals surface area contributed by atoms with Gasteiger partial charge in [0.1, 0.15) is 0 Å². The molecule has 0 aromatic carbocycles. The summed E-state index contributed by atoms with van der Waals surface area (Å²) in [4.78, 5) is 29.5. The number of nitrogens with one attached hydrogen (secondary N) is 1. The molecule has 126 valence electrons. The van der Waals surface area contributed by atoms with Gasteiger partial charge in [0.05, 0.1) is 11.6 Å². The van der Waals surface area contributed by atoms with Crippen molar-refractivity contribution in [2.24, 2.45) is 5.92 Å². The Morgan fingerprint density at radius 2 is 2.04 bits per heavy atom. The van der Waals surface area contributed by atoms with Crippen LogP contribution in [0.2, 0.25) is 0 Å². The third-order valence-electron chi connectivity index (χ3n) is 4.63. The second-order valence-corrected chi connectivity index (χ2v) is 8.61. The quantitative estimate of drug-likeness (QED) is 0.843. The summed E-state index contributed by atoms with van der Waals surface area (Å²) in [5, 5.41) is 3.89. The molecule has 3 rings (SSSR count). The van der Waals surface area contributed by atoms with Crippen molar-refractivity contribution in [2.75, 3.05) is 5.75 Å². The number of hydrogen-bond donors (Lipinski definition) is 1. The molecule has 1 aromatic heterocycles. The van der Waals surface area contributed by atoms with E-state index in [-0.39, 0.29) is 22.8 Å². The minimum atomic E-state index is -0.147. The fourth-order valence-electron chi connectivity index (χ4n) is 3.14. The third kappa shape index (κ3) is 3.62. The molecule has 1 fully saturated rings. The van der Waals surface area contributed by atoms with E-state index >= 15 is 0 Å². The first-order valence-corrected chi connectivity index (χ1v) is 9.38. The summed E-state index contributed by atoms with van der Waals surface area (Å²) in [6, 6.07) is 1.94. The van der Waals surface area contributed by atoms with E-state index in [4.69, 9.17) is 0 Å². The summed E-state index contributed by atoms with van der Waals surface area (Å²) in [5.74, 6) is 0.633. The van der Waals surface area contributed by atoms with Crippen molar-refractivity contribution in [1.29, 1.82) is 0 Å². The largest absolute Gasteiger partial charge is 0.353 e. The highest BCUT2D eigenvalue weighted by molar-refractivity contribution is 7.99. The van der Waals surface area contributed by atoms with Gasteiger partial charge in [0.25, 0.3) is 5.56 Å². The van der Waals surface area contributed by atoms with Crippen molar-refractivity contribution < 1.29 is 4.79 Å². The van der Waals surface area contributed by atoms with Crippen LogP contribution in [0.3, 0.4) is 0 Å². The summed E-state index contributed by atoms with van der Waals surface area (Å²) >= 11 is 1.52. The van der Waals surface area contributed by atoms with Crippen LogP contribution < -0.4 is 10.9 Å². The molecule has 23 heavy (non-hydrogen) atoms. The Morgan fingerprint density at radius 3 is 2.70 bits per heavy atom. The maximum atomic E-state index is 12.4. The van der Waals surface area contributed by atoms with Crippen molar-refractivity contribution in [3.63, 3.8) is 0 Å². The molecule has 0 radical (unpaired) electrons. The molecule has 1 aliphatic heterocycles. The standard InChI is InChI=1S/C17H25N3O2S/c1-17(2,3)13-8-14(21)20-9-11(10-23-16(20)19-13)15(22)18-12-6-4-5-7-12/h8,11-12H,4-7,9-10H2,1-3H3,(H,18,22). The molecule has 1 saturated carbocycles. The molecule has 2 heterocycles. The highest BCUT2D eigenvalue weighted by Crippen LogP contribution is 2.28. The summed E-state index contributed by atoms with van der Waals surface area (Å²) < 4.78 is 1.66. The predicted octanol–water partition coefficient (Wildman–Crippen LogP) is 2.32. The zero-order chi connectivity index (χ0) is 16.6. The van der Waals surface area contributed by atoms with Crippen molar-refractivity contribution in [2.45, 2.75) is 69.6 Å². The Kier molecular flexibility index (Phi) is 4.54. The SMILES string of the molecule is CC(C)(C)c1cc(=O)n2c(n1)SCC(C(=O)NC1CCCC1)C2. The minimum absolute atomic E-state index is 0.0502. The number of rotatable bonds is 2. The van der Waals surface area contributed by atoms with Gasteiger partial charge in [0, 0.05) is 29.8 Å². The molecule has 1 aliphatic carbocycles. The van der Waals surface area contributed by atoms with E-state index in [9.17, 15) is 9.59 Å². The van der Waals surface area contributed by atoms with Crippen LogP contribution in [-0.4, -0.2) is 27.3 Å². The van der Waals surface area contributed by atoms with Crippen molar-refractivity contribution in [3.05, 3.63) is 22.1 Å². The lowest BCUT2D eigenvalue weighted by molar-refractivity contribution is -0.125. The maximum absolute atomic E-state index is 12.4. The van der Waals surface area contributed by atoms with Crippen LogP contribution in [-0.2, 0) is 16.8 Å². The molecule has 1 amide bonds. The van der Waals surface area contributed by atoms with Gasteiger partial charge in [-0.05, 0) is 12.8 Å². The lowest BCUT2D eigenvalue weighted by Crippen LogP contribution is -2.43. The van der Waals surface area contributed by atoms with Gasteiger partial charge in [-0.15, -0.1) is 0 Å². The maximum Gasteiger partial charge on any atom is 0.254 e. The first kappa shape index (κ1) is 16.6. The Hall–Kier alpha value is -1.30. The molecule has 2 aliphatic rings. The van der Waals surface area contributed by atoms with E-state index in [2.05, 4.69) is 31.1 Å². The van der Waals surface area contributed by atoms with Gasteiger partial charge in [-0.3, -0.25) is 14.2 Å². The molecule has 5 nitrogen and oxygen atoms in total.